The van der Waals surface area contributed by atoms with Crippen LogP contribution < -0.4 is 11.1 Å². The molecule has 1 heterocycles. The van der Waals surface area contributed by atoms with Crippen LogP contribution in [0.4, 0.5) is 4.79 Å². The molecule has 1 aliphatic rings. The summed E-state index contributed by atoms with van der Waals surface area (Å²) in [5.74, 6) is 0.402. The van der Waals surface area contributed by atoms with E-state index >= 15 is 0 Å². The van der Waals surface area contributed by atoms with Gasteiger partial charge in [-0.1, -0.05) is 29.8 Å². The van der Waals surface area contributed by atoms with Crippen LogP contribution in [0.3, 0.4) is 0 Å². The Morgan fingerprint density at radius 1 is 1.42 bits per heavy atom. The Balaban J connectivity index is 0.00000288. The number of nitrogens with zero attached hydrogens (tertiary/aromatic N) is 2. The molecule has 0 atom stereocenters. The van der Waals surface area contributed by atoms with Gasteiger partial charge in [0, 0.05) is 24.2 Å². The zero-order chi connectivity index (χ0) is 16.7. The number of ether oxygens (including phenoxy) is 1. The first kappa shape index (κ1) is 20.8. The highest BCUT2D eigenvalue weighted by atomic mass is 127. The topological polar surface area (TPSA) is 80.0 Å². The van der Waals surface area contributed by atoms with Crippen molar-refractivity contribution < 1.29 is 9.53 Å². The molecule has 0 spiro atoms. The summed E-state index contributed by atoms with van der Waals surface area (Å²) in [6.45, 7) is 3.98. The van der Waals surface area contributed by atoms with Crippen molar-refractivity contribution >= 4 is 47.6 Å². The number of hydrogen-bond acceptors (Lipinski definition) is 3. The molecule has 0 radical (unpaired) electrons. The largest absolute Gasteiger partial charge is 0.450 e. The molecular formula is C16H24ClIN4O2. The number of nitrogens with two attached hydrogens (primary N) is 1. The summed E-state index contributed by atoms with van der Waals surface area (Å²) >= 11 is 6.09. The van der Waals surface area contributed by atoms with E-state index in [4.69, 9.17) is 22.1 Å². The maximum Gasteiger partial charge on any atom is 0.409 e. The summed E-state index contributed by atoms with van der Waals surface area (Å²) in [6.07, 6.45) is 1.40. The predicted molar refractivity (Wildman–Crippen MR) is 107 cm³/mol. The predicted octanol–water partition coefficient (Wildman–Crippen LogP) is 2.98. The number of piperidine rings is 1. The Morgan fingerprint density at radius 2 is 2.08 bits per heavy atom. The molecule has 8 heteroatoms. The number of nitrogens with one attached hydrogen (secondary N) is 1. The second kappa shape index (κ2) is 10.6. The first-order chi connectivity index (χ1) is 11.1. The van der Waals surface area contributed by atoms with E-state index in [9.17, 15) is 4.79 Å². The number of guanidine groups is 1. The van der Waals surface area contributed by atoms with E-state index in [1.807, 2.05) is 31.2 Å². The molecule has 0 aromatic heterocycles. The van der Waals surface area contributed by atoms with Gasteiger partial charge < -0.3 is 20.7 Å². The van der Waals surface area contributed by atoms with Crippen LogP contribution >= 0.6 is 35.6 Å². The molecule has 1 aromatic rings. The van der Waals surface area contributed by atoms with Crippen LogP contribution in [0.15, 0.2) is 29.3 Å². The van der Waals surface area contributed by atoms with Crippen molar-refractivity contribution in [3.63, 3.8) is 0 Å². The quantitative estimate of drug-likeness (QED) is 0.406. The number of likely N-dealkylation sites (tertiary alicyclic amines) is 1. The highest BCUT2D eigenvalue weighted by molar-refractivity contribution is 14.0. The highest BCUT2D eigenvalue weighted by Gasteiger charge is 2.23. The zero-order valence-corrected chi connectivity index (χ0v) is 16.8. The number of carbonyl (C=O) groups is 1. The van der Waals surface area contributed by atoms with E-state index < -0.39 is 0 Å². The van der Waals surface area contributed by atoms with Gasteiger partial charge in [0.25, 0.3) is 0 Å². The van der Waals surface area contributed by atoms with Crippen LogP contribution in [0.2, 0.25) is 5.02 Å². The van der Waals surface area contributed by atoms with Crippen molar-refractivity contribution in [1.82, 2.24) is 10.2 Å². The first-order valence-electron chi connectivity index (χ1n) is 7.81. The maximum atomic E-state index is 11.6. The standard InChI is InChI=1S/C16H23ClN4O2.HI/c1-2-23-16(22)21-9-7-13(8-10-21)20-15(18)19-11-12-5-3-4-6-14(12)17;/h3-6,13H,2,7-11H2,1H3,(H3,18,19,20);1H. The summed E-state index contributed by atoms with van der Waals surface area (Å²) in [4.78, 5) is 17.7. The van der Waals surface area contributed by atoms with Gasteiger partial charge in [-0.15, -0.1) is 24.0 Å². The molecule has 2 rings (SSSR count). The molecule has 1 fully saturated rings. The van der Waals surface area contributed by atoms with E-state index in [0.29, 0.717) is 37.2 Å². The lowest BCUT2D eigenvalue weighted by Gasteiger charge is -2.31. The van der Waals surface area contributed by atoms with Gasteiger partial charge in [0.2, 0.25) is 0 Å². The monoisotopic (exact) mass is 466 g/mol. The van der Waals surface area contributed by atoms with E-state index in [0.717, 1.165) is 18.4 Å². The Hall–Kier alpha value is -1.22. The van der Waals surface area contributed by atoms with Gasteiger partial charge >= 0.3 is 6.09 Å². The molecule has 1 amide bonds. The molecule has 1 saturated heterocycles. The van der Waals surface area contributed by atoms with Crippen molar-refractivity contribution in [2.24, 2.45) is 10.7 Å². The highest BCUT2D eigenvalue weighted by Crippen LogP contribution is 2.15. The molecule has 3 N–H and O–H groups in total. The second-order valence-corrected chi connectivity index (χ2v) is 5.80. The number of amides is 1. The van der Waals surface area contributed by atoms with Gasteiger partial charge in [-0.25, -0.2) is 9.79 Å². The Bertz CT molecular complexity index is 563. The van der Waals surface area contributed by atoms with Crippen molar-refractivity contribution in [3.05, 3.63) is 34.9 Å². The third-order valence-corrected chi connectivity index (χ3v) is 4.12. The van der Waals surface area contributed by atoms with Gasteiger partial charge in [0.1, 0.15) is 0 Å². The number of hydrogen-bond donors (Lipinski definition) is 2. The fourth-order valence-corrected chi connectivity index (χ4v) is 2.67. The van der Waals surface area contributed by atoms with Gasteiger partial charge in [0.15, 0.2) is 5.96 Å². The minimum absolute atomic E-state index is 0. The average molecular weight is 467 g/mol. The molecule has 0 aliphatic carbocycles. The van der Waals surface area contributed by atoms with Crippen LogP contribution in [0.5, 0.6) is 0 Å². The maximum absolute atomic E-state index is 11.6. The molecule has 6 nitrogen and oxygen atoms in total. The average Bonchev–Trinajstić information content (AvgIpc) is 2.55. The minimum Gasteiger partial charge on any atom is -0.450 e. The molecule has 134 valence electrons. The minimum atomic E-state index is -0.244. The fourth-order valence-electron chi connectivity index (χ4n) is 2.47. The summed E-state index contributed by atoms with van der Waals surface area (Å²) in [5, 5.41) is 3.89. The number of halogens is 2. The first-order valence-corrected chi connectivity index (χ1v) is 8.19. The van der Waals surface area contributed by atoms with Crippen molar-refractivity contribution in [3.8, 4) is 0 Å². The molecule has 1 aromatic carbocycles. The van der Waals surface area contributed by atoms with E-state index in [1.165, 1.54) is 0 Å². The van der Waals surface area contributed by atoms with Crippen LogP contribution in [0.1, 0.15) is 25.3 Å². The fraction of sp³-hybridized carbons (Fsp3) is 0.500. The zero-order valence-electron chi connectivity index (χ0n) is 13.7. The third kappa shape index (κ3) is 6.35. The molecule has 1 aliphatic heterocycles. The van der Waals surface area contributed by atoms with E-state index in [-0.39, 0.29) is 36.1 Å². The van der Waals surface area contributed by atoms with E-state index in [2.05, 4.69) is 10.3 Å². The molecule has 0 saturated carbocycles. The van der Waals surface area contributed by atoms with Crippen molar-refractivity contribution in [2.75, 3.05) is 19.7 Å². The lowest BCUT2D eigenvalue weighted by Crippen LogP contribution is -2.48. The molecule has 0 bridgehead atoms. The van der Waals surface area contributed by atoms with Crippen molar-refractivity contribution in [1.29, 1.82) is 0 Å². The lowest BCUT2D eigenvalue weighted by molar-refractivity contribution is 0.0963. The third-order valence-electron chi connectivity index (χ3n) is 3.75. The molecule has 0 unspecified atom stereocenters. The lowest BCUT2D eigenvalue weighted by atomic mass is 10.1. The van der Waals surface area contributed by atoms with Crippen LogP contribution in [-0.2, 0) is 11.3 Å². The van der Waals surface area contributed by atoms with Gasteiger partial charge in [0.05, 0.1) is 13.2 Å². The number of carbonyl (C=O) groups excluding carboxylic acids is 1. The SMILES string of the molecule is CCOC(=O)N1CCC(NC(N)=NCc2ccccc2Cl)CC1.I. The number of rotatable bonds is 4. The van der Waals surface area contributed by atoms with Gasteiger partial charge in [-0.3, -0.25) is 0 Å². The van der Waals surface area contributed by atoms with Crippen LogP contribution in [0.25, 0.3) is 0 Å². The molecular weight excluding hydrogens is 443 g/mol. The molecule has 24 heavy (non-hydrogen) atoms. The Morgan fingerprint density at radius 3 is 2.71 bits per heavy atom. The van der Waals surface area contributed by atoms with Crippen LogP contribution in [-0.4, -0.2) is 42.7 Å². The Kier molecular flexibility index (Phi) is 9.20. The van der Waals surface area contributed by atoms with Crippen LogP contribution in [0, 0.1) is 0 Å². The normalized spacial score (nSPS) is 15.6. The summed E-state index contributed by atoms with van der Waals surface area (Å²) < 4.78 is 5.00. The van der Waals surface area contributed by atoms with Gasteiger partial charge in [-0.2, -0.15) is 0 Å². The second-order valence-electron chi connectivity index (χ2n) is 5.40. The summed E-state index contributed by atoms with van der Waals surface area (Å²) in [5.41, 5.74) is 6.88. The smallest absolute Gasteiger partial charge is 0.409 e. The summed E-state index contributed by atoms with van der Waals surface area (Å²) in [7, 11) is 0. The van der Waals surface area contributed by atoms with Crippen molar-refractivity contribution in [2.45, 2.75) is 32.4 Å². The van der Waals surface area contributed by atoms with E-state index in [1.54, 1.807) is 4.90 Å². The number of aliphatic imine (C=N–C) groups is 1. The Labute approximate surface area is 164 Å². The van der Waals surface area contributed by atoms with Gasteiger partial charge in [-0.05, 0) is 31.4 Å². The summed E-state index contributed by atoms with van der Waals surface area (Å²) in [6, 6.07) is 7.79. The number of benzene rings is 1.